The molecule has 2 N–H and O–H groups in total. The van der Waals surface area contributed by atoms with Gasteiger partial charge in [-0.05, 0) is 48.7 Å². The Bertz CT molecular complexity index is 1390. The van der Waals surface area contributed by atoms with E-state index in [2.05, 4.69) is 10.3 Å². The van der Waals surface area contributed by atoms with E-state index in [0.29, 0.717) is 67.2 Å². The van der Waals surface area contributed by atoms with Gasteiger partial charge in [0.25, 0.3) is 5.56 Å². The smallest absolute Gasteiger partial charge is 0.416 e. The fourth-order valence-electron chi connectivity index (χ4n) is 4.46. The van der Waals surface area contributed by atoms with Gasteiger partial charge in [0.2, 0.25) is 5.91 Å². The van der Waals surface area contributed by atoms with E-state index in [1.165, 1.54) is 12.1 Å². The van der Waals surface area contributed by atoms with E-state index in [4.69, 9.17) is 9.47 Å². The van der Waals surface area contributed by atoms with Crippen LogP contribution in [0.4, 0.5) is 24.5 Å². The zero-order valence-electron chi connectivity index (χ0n) is 19.3. The van der Waals surface area contributed by atoms with Crippen LogP contribution in [0.5, 0.6) is 5.75 Å². The van der Waals surface area contributed by atoms with Crippen LogP contribution in [0.2, 0.25) is 0 Å². The number of H-pyrrole nitrogens is 1. The Morgan fingerprint density at radius 1 is 1.06 bits per heavy atom. The summed E-state index contributed by atoms with van der Waals surface area (Å²) in [5, 5.41) is 3.60. The van der Waals surface area contributed by atoms with E-state index >= 15 is 0 Å². The number of rotatable bonds is 3. The minimum atomic E-state index is -4.48. The number of carbonyl (C=O) groups excluding carboxylic acids is 1. The first kappa shape index (κ1) is 23.9. The molecule has 2 aromatic carbocycles. The fraction of sp³-hybridized carbons (Fsp3) is 0.308. The molecule has 0 radical (unpaired) electrons. The van der Waals surface area contributed by atoms with Crippen molar-refractivity contribution in [2.24, 2.45) is 0 Å². The number of halogens is 3. The fourth-order valence-corrected chi connectivity index (χ4v) is 4.46. The predicted octanol–water partition coefficient (Wildman–Crippen LogP) is 4.58. The number of benzene rings is 2. The van der Waals surface area contributed by atoms with Gasteiger partial charge in [0.1, 0.15) is 11.4 Å². The summed E-state index contributed by atoms with van der Waals surface area (Å²) in [7, 11) is 0. The van der Waals surface area contributed by atoms with Crippen LogP contribution in [-0.2, 0) is 15.7 Å². The molecule has 1 amide bonds. The van der Waals surface area contributed by atoms with Gasteiger partial charge < -0.3 is 24.7 Å². The molecule has 0 unspecified atom stereocenters. The van der Waals surface area contributed by atoms with E-state index in [1.54, 1.807) is 12.1 Å². The molecular weight excluding hydrogens is 475 g/mol. The van der Waals surface area contributed by atoms with Crippen molar-refractivity contribution in [2.75, 3.05) is 43.1 Å². The zero-order chi connectivity index (χ0) is 25.3. The number of nitrogens with zero attached hydrogens (tertiary/aromatic N) is 1. The van der Waals surface area contributed by atoms with E-state index in [-0.39, 0.29) is 17.9 Å². The van der Waals surface area contributed by atoms with Crippen LogP contribution in [0.3, 0.4) is 0 Å². The summed E-state index contributed by atoms with van der Waals surface area (Å²) >= 11 is 0. The minimum absolute atomic E-state index is 0.112. The third-order valence-corrected chi connectivity index (χ3v) is 6.25. The average molecular weight is 499 g/mol. The number of hydrogen-bond donors (Lipinski definition) is 2. The lowest BCUT2D eigenvalue weighted by Crippen LogP contribution is -2.39. The number of carbonyl (C=O) groups is 1. The van der Waals surface area contributed by atoms with Gasteiger partial charge in [0.15, 0.2) is 0 Å². The van der Waals surface area contributed by atoms with Crippen molar-refractivity contribution >= 4 is 33.8 Å². The Morgan fingerprint density at radius 3 is 2.64 bits per heavy atom. The van der Waals surface area contributed by atoms with Gasteiger partial charge in [-0.2, -0.15) is 13.2 Å². The Morgan fingerprint density at radius 2 is 1.86 bits per heavy atom. The Hall–Kier alpha value is -3.79. The summed E-state index contributed by atoms with van der Waals surface area (Å²) < 4.78 is 50.2. The van der Waals surface area contributed by atoms with Gasteiger partial charge in [0.05, 0.1) is 30.9 Å². The first-order chi connectivity index (χ1) is 17.3. The molecule has 188 valence electrons. The number of anilines is 2. The molecule has 2 aliphatic heterocycles. The second-order valence-corrected chi connectivity index (χ2v) is 8.70. The zero-order valence-corrected chi connectivity index (χ0v) is 19.3. The standard InChI is InChI=1S/C26H24F3N3O4/c27-26(28,29)18-4-6-20-16(2-1-9-36-23(20)14-18)13-24(33)30-19-5-3-17-12-22(25(34)31-21(17)15-19)32-7-10-35-11-8-32/h3-6,12-15H,1-2,7-11H2,(H,30,33)(H,31,34)/b16-13+. The van der Waals surface area contributed by atoms with Crippen LogP contribution in [0, 0.1) is 0 Å². The Labute approximate surface area is 204 Å². The van der Waals surface area contributed by atoms with Crippen LogP contribution in [0.15, 0.2) is 53.3 Å². The third kappa shape index (κ3) is 5.08. The van der Waals surface area contributed by atoms with Gasteiger partial charge in [0, 0.05) is 35.8 Å². The molecule has 7 nitrogen and oxygen atoms in total. The SMILES string of the molecule is O=C(/C=C1\CCCOc2cc(C(F)(F)F)ccc21)Nc1ccc2cc(N3CCOCC3)c(=O)[nH]c2c1. The highest BCUT2D eigenvalue weighted by Crippen LogP contribution is 2.38. The highest BCUT2D eigenvalue weighted by molar-refractivity contribution is 6.05. The molecule has 10 heteroatoms. The van der Waals surface area contributed by atoms with Crippen molar-refractivity contribution in [1.29, 1.82) is 0 Å². The van der Waals surface area contributed by atoms with Gasteiger partial charge >= 0.3 is 6.18 Å². The molecule has 1 aromatic heterocycles. The van der Waals surface area contributed by atoms with Crippen molar-refractivity contribution in [3.05, 3.63) is 70.0 Å². The summed E-state index contributed by atoms with van der Waals surface area (Å²) in [4.78, 5) is 30.3. The van der Waals surface area contributed by atoms with Gasteiger partial charge in [-0.15, -0.1) is 0 Å². The van der Waals surface area contributed by atoms with Crippen LogP contribution < -0.4 is 20.5 Å². The highest BCUT2D eigenvalue weighted by Gasteiger charge is 2.32. The van der Waals surface area contributed by atoms with Crippen molar-refractivity contribution < 1.29 is 27.4 Å². The van der Waals surface area contributed by atoms with Crippen molar-refractivity contribution in [2.45, 2.75) is 19.0 Å². The molecule has 1 saturated heterocycles. The highest BCUT2D eigenvalue weighted by atomic mass is 19.4. The average Bonchev–Trinajstić information content (AvgIpc) is 3.05. The molecule has 3 heterocycles. The third-order valence-electron chi connectivity index (χ3n) is 6.25. The number of ether oxygens (including phenoxy) is 2. The number of allylic oxidation sites excluding steroid dienone is 1. The Kier molecular flexibility index (Phi) is 6.44. The second-order valence-electron chi connectivity index (χ2n) is 8.70. The van der Waals surface area contributed by atoms with Crippen molar-refractivity contribution in [3.63, 3.8) is 0 Å². The number of fused-ring (bicyclic) bond motifs is 2. The molecular formula is C26H24F3N3O4. The number of aromatic nitrogens is 1. The molecule has 0 atom stereocenters. The van der Waals surface area contributed by atoms with Crippen molar-refractivity contribution in [1.82, 2.24) is 4.98 Å². The maximum absolute atomic E-state index is 13.1. The molecule has 3 aromatic rings. The number of amides is 1. The molecule has 1 fully saturated rings. The van der Waals surface area contributed by atoms with Gasteiger partial charge in [-0.3, -0.25) is 9.59 Å². The largest absolute Gasteiger partial charge is 0.493 e. The topological polar surface area (TPSA) is 83.7 Å². The monoisotopic (exact) mass is 499 g/mol. The summed E-state index contributed by atoms with van der Waals surface area (Å²) in [6.45, 7) is 2.68. The Balaban J connectivity index is 1.37. The van der Waals surface area contributed by atoms with Crippen molar-refractivity contribution in [3.8, 4) is 5.75 Å². The lowest BCUT2D eigenvalue weighted by molar-refractivity contribution is -0.137. The van der Waals surface area contributed by atoms with E-state index in [9.17, 15) is 22.8 Å². The van der Waals surface area contributed by atoms with Gasteiger partial charge in [-0.25, -0.2) is 0 Å². The molecule has 0 spiro atoms. The first-order valence-corrected chi connectivity index (χ1v) is 11.6. The summed E-state index contributed by atoms with van der Waals surface area (Å²) in [5.41, 5.74) is 1.69. The van der Waals surface area contributed by atoms with E-state index in [0.717, 1.165) is 17.5 Å². The predicted molar refractivity (Wildman–Crippen MR) is 130 cm³/mol. The lowest BCUT2D eigenvalue weighted by atomic mass is 9.99. The lowest BCUT2D eigenvalue weighted by Gasteiger charge is -2.28. The summed E-state index contributed by atoms with van der Waals surface area (Å²) in [6.07, 6.45) is -2.04. The number of alkyl halides is 3. The van der Waals surface area contributed by atoms with E-state index in [1.807, 2.05) is 17.0 Å². The van der Waals surface area contributed by atoms with Crippen LogP contribution in [-0.4, -0.2) is 43.8 Å². The molecule has 0 saturated carbocycles. The maximum atomic E-state index is 13.1. The normalized spacial score (nSPS) is 17.4. The molecule has 5 rings (SSSR count). The molecule has 0 bridgehead atoms. The van der Waals surface area contributed by atoms with E-state index < -0.39 is 17.6 Å². The molecule has 36 heavy (non-hydrogen) atoms. The molecule has 0 aliphatic carbocycles. The van der Waals surface area contributed by atoms with Crippen LogP contribution in [0.1, 0.15) is 24.0 Å². The number of nitrogens with one attached hydrogen (secondary N) is 2. The quantitative estimate of drug-likeness (QED) is 0.516. The molecule has 2 aliphatic rings. The minimum Gasteiger partial charge on any atom is -0.493 e. The maximum Gasteiger partial charge on any atom is 0.416 e. The van der Waals surface area contributed by atoms with Crippen LogP contribution in [0.25, 0.3) is 16.5 Å². The first-order valence-electron chi connectivity index (χ1n) is 11.6. The summed E-state index contributed by atoms with van der Waals surface area (Å²) in [5.74, 6) is -0.315. The number of hydrogen-bond acceptors (Lipinski definition) is 5. The van der Waals surface area contributed by atoms with Crippen LogP contribution >= 0.6 is 0 Å². The second kappa shape index (κ2) is 9.69. The number of morpholine rings is 1. The van der Waals surface area contributed by atoms with Gasteiger partial charge in [-0.1, -0.05) is 12.1 Å². The summed E-state index contributed by atoms with van der Waals surface area (Å²) in [6, 6.07) is 10.4. The number of pyridine rings is 1. The number of aromatic amines is 1.